The maximum Gasteiger partial charge on any atom is 0.437 e. The average molecular weight is 727 g/mol. The van der Waals surface area contributed by atoms with E-state index in [-0.39, 0.29) is 56.1 Å². The van der Waals surface area contributed by atoms with Crippen molar-refractivity contribution >= 4 is 30.3 Å². The molecule has 284 valence electrons. The Balaban J connectivity index is 1.28. The van der Waals surface area contributed by atoms with Crippen LogP contribution >= 0.6 is 0 Å². The van der Waals surface area contributed by atoms with Gasteiger partial charge < -0.3 is 28.4 Å². The first-order chi connectivity index (χ1) is 24.2. The minimum atomic E-state index is -0.902. The van der Waals surface area contributed by atoms with Gasteiger partial charge in [-0.3, -0.25) is 15.1 Å². The topological polar surface area (TPSA) is 181 Å². The molecule has 4 heterocycles. The third-order valence-corrected chi connectivity index (χ3v) is 8.04. The number of alkyl carbamates (subject to hydrolysis) is 1. The molecule has 1 aromatic heterocycles. The van der Waals surface area contributed by atoms with Gasteiger partial charge in [0.1, 0.15) is 36.0 Å². The van der Waals surface area contributed by atoms with E-state index in [1.807, 2.05) is 30.3 Å². The number of aromatic nitrogens is 2. The fourth-order valence-corrected chi connectivity index (χ4v) is 5.82. The molecule has 0 aliphatic carbocycles. The lowest BCUT2D eigenvalue weighted by Gasteiger charge is -2.45. The summed E-state index contributed by atoms with van der Waals surface area (Å²) >= 11 is 0. The van der Waals surface area contributed by atoms with Crippen LogP contribution in [0.1, 0.15) is 98.5 Å². The highest BCUT2D eigenvalue weighted by Gasteiger charge is 2.48. The van der Waals surface area contributed by atoms with Crippen molar-refractivity contribution in [3.05, 3.63) is 47.7 Å². The number of likely N-dealkylation sites (tertiary alicyclic amines) is 1. The molecule has 5 rings (SSSR count). The smallest absolute Gasteiger partial charge is 0.437 e. The highest BCUT2D eigenvalue weighted by molar-refractivity contribution is 5.99. The van der Waals surface area contributed by atoms with Crippen LogP contribution < -0.4 is 5.32 Å². The fourth-order valence-electron chi connectivity index (χ4n) is 5.82. The number of fused-ring (bicyclic) bond motifs is 2. The van der Waals surface area contributed by atoms with Crippen molar-refractivity contribution in [2.24, 2.45) is 4.99 Å². The van der Waals surface area contributed by atoms with Gasteiger partial charge in [-0.1, -0.05) is 30.3 Å². The molecule has 1 N–H and O–H groups in total. The predicted molar refractivity (Wildman–Crippen MR) is 185 cm³/mol. The number of hydrogen-bond acceptors (Lipinski definition) is 11. The molecule has 5 amide bonds. The molecule has 17 nitrogen and oxygen atoms in total. The van der Waals surface area contributed by atoms with E-state index >= 15 is 0 Å². The number of amides is 5. The maximum absolute atomic E-state index is 13.5. The van der Waals surface area contributed by atoms with Gasteiger partial charge in [-0.15, -0.1) is 15.2 Å². The summed E-state index contributed by atoms with van der Waals surface area (Å²) < 4.78 is 22.5. The van der Waals surface area contributed by atoms with Crippen LogP contribution in [0.5, 0.6) is 0 Å². The van der Waals surface area contributed by atoms with Crippen molar-refractivity contribution in [3.63, 3.8) is 0 Å². The summed E-state index contributed by atoms with van der Waals surface area (Å²) in [5.41, 5.74) is -1.46. The molecule has 17 heteroatoms. The second kappa shape index (κ2) is 15.0. The van der Waals surface area contributed by atoms with Gasteiger partial charge in [0.25, 0.3) is 0 Å². The summed E-state index contributed by atoms with van der Waals surface area (Å²) in [6.45, 7) is 16.5. The lowest BCUT2D eigenvalue weighted by Crippen LogP contribution is -2.65. The number of piperidine rings is 1. The van der Waals surface area contributed by atoms with Gasteiger partial charge in [0.05, 0.1) is 12.1 Å². The monoisotopic (exact) mass is 726 g/mol. The normalized spacial score (nSPS) is 19.7. The zero-order valence-electron chi connectivity index (χ0n) is 31.4. The molecular weight excluding hydrogens is 676 g/mol. The Labute approximate surface area is 303 Å². The molecular formula is C35H50N8O9. The molecule has 3 aliphatic rings. The number of rotatable bonds is 7. The molecule has 0 spiro atoms. The van der Waals surface area contributed by atoms with Gasteiger partial charge >= 0.3 is 24.3 Å². The van der Waals surface area contributed by atoms with E-state index in [9.17, 15) is 19.2 Å². The molecule has 3 fully saturated rings. The van der Waals surface area contributed by atoms with E-state index < -0.39 is 47.2 Å². The van der Waals surface area contributed by atoms with Crippen LogP contribution in [-0.4, -0.2) is 109 Å². The highest BCUT2D eigenvalue weighted by Crippen LogP contribution is 2.38. The number of hydroxylamine groups is 2. The molecule has 2 bridgehead atoms. The third kappa shape index (κ3) is 10.1. The maximum atomic E-state index is 13.5. The first-order valence-electron chi connectivity index (χ1n) is 17.4. The van der Waals surface area contributed by atoms with E-state index in [0.717, 1.165) is 5.56 Å². The number of carbonyl (C=O) groups is 4. The summed E-state index contributed by atoms with van der Waals surface area (Å²) in [7, 11) is 0. The number of carbonyl (C=O) groups excluding carboxylic acids is 4. The minimum absolute atomic E-state index is 0.0864. The number of aliphatic imine (C=N–C) groups is 1. The summed E-state index contributed by atoms with van der Waals surface area (Å²) in [5.74, 6) is 0.329. The average Bonchev–Trinajstić information content (AvgIpc) is 3.54. The highest BCUT2D eigenvalue weighted by atomic mass is 16.7. The predicted octanol–water partition coefficient (Wildman–Crippen LogP) is 5.38. The van der Waals surface area contributed by atoms with Gasteiger partial charge in [0.15, 0.2) is 0 Å². The standard InChI is InChI=1S/C35H50N8O9/c1-33(2,3)50-29(44)36-28(37-30(45)51-34(4,5)6)40-17-24(18-40)41(32(47)52-35(7,8)9)20-26-38-39-27(49-26)25-16-15-23-19-42(25)31(46)43(23)48-21-22-13-11-10-12-14-22/h10-14,23-25H,15-21H2,1-9H3,(H,36,37,44,45)/t23?,25-/m0/s1. The number of guanidine groups is 1. The summed E-state index contributed by atoms with van der Waals surface area (Å²) in [4.78, 5) is 66.9. The molecule has 3 aliphatic heterocycles. The Kier molecular flexibility index (Phi) is 11.0. The van der Waals surface area contributed by atoms with Gasteiger partial charge in [0.2, 0.25) is 17.7 Å². The first kappa shape index (κ1) is 38.3. The number of hydrogen-bond donors (Lipinski definition) is 1. The molecule has 0 saturated carbocycles. The Morgan fingerprint density at radius 2 is 1.56 bits per heavy atom. The Morgan fingerprint density at radius 1 is 0.904 bits per heavy atom. The molecule has 52 heavy (non-hydrogen) atoms. The van der Waals surface area contributed by atoms with Crippen molar-refractivity contribution in [3.8, 4) is 0 Å². The summed E-state index contributed by atoms with van der Waals surface area (Å²) in [5, 5.41) is 12.5. The van der Waals surface area contributed by atoms with Gasteiger partial charge in [-0.05, 0) is 80.7 Å². The van der Waals surface area contributed by atoms with Crippen molar-refractivity contribution in [1.29, 1.82) is 0 Å². The lowest BCUT2D eigenvalue weighted by molar-refractivity contribution is -0.140. The summed E-state index contributed by atoms with van der Waals surface area (Å²) in [6, 6.07) is 8.38. The number of benzene rings is 1. The van der Waals surface area contributed by atoms with E-state index in [2.05, 4.69) is 20.5 Å². The molecule has 3 saturated heterocycles. The SMILES string of the molecule is CC(C)(C)OC(=O)/N=C(/NC(=O)OC(C)(C)C)N1CC(N(Cc2nnc([C@@H]3CCC4CN3C(=O)N4OCc3ccccc3)o2)C(=O)OC(C)(C)C)C1. The van der Waals surface area contributed by atoms with Crippen LogP contribution in [0.15, 0.2) is 39.7 Å². The van der Waals surface area contributed by atoms with Crippen LogP contribution in [0.2, 0.25) is 0 Å². The fraction of sp³-hybridized carbons (Fsp3) is 0.629. The molecule has 2 atom stereocenters. The van der Waals surface area contributed by atoms with E-state index in [4.69, 9.17) is 23.5 Å². The number of ether oxygens (including phenoxy) is 3. The lowest BCUT2D eigenvalue weighted by atomic mass is 10.0. The number of urea groups is 1. The summed E-state index contributed by atoms with van der Waals surface area (Å²) in [6.07, 6.45) is -1.05. The zero-order chi connectivity index (χ0) is 38.0. The van der Waals surface area contributed by atoms with Gasteiger partial charge in [-0.2, -0.15) is 5.06 Å². The van der Waals surface area contributed by atoms with E-state index in [1.165, 1.54) is 9.96 Å². The second-order valence-corrected chi connectivity index (χ2v) is 16.0. The van der Waals surface area contributed by atoms with Crippen molar-refractivity contribution < 1.29 is 42.6 Å². The number of nitrogens with zero attached hydrogens (tertiary/aromatic N) is 7. The van der Waals surface area contributed by atoms with Gasteiger partial charge in [-0.25, -0.2) is 19.2 Å². The first-order valence-corrected chi connectivity index (χ1v) is 17.4. The zero-order valence-corrected chi connectivity index (χ0v) is 31.4. The van der Waals surface area contributed by atoms with Crippen LogP contribution in [0.4, 0.5) is 19.2 Å². The van der Waals surface area contributed by atoms with E-state index in [1.54, 1.807) is 72.1 Å². The van der Waals surface area contributed by atoms with Gasteiger partial charge in [0, 0.05) is 19.6 Å². The molecule has 2 aromatic rings. The minimum Gasteiger partial charge on any atom is -0.444 e. The third-order valence-electron chi connectivity index (χ3n) is 8.04. The Morgan fingerprint density at radius 3 is 2.19 bits per heavy atom. The van der Waals surface area contributed by atoms with E-state index in [0.29, 0.717) is 19.4 Å². The molecule has 0 radical (unpaired) electrons. The quantitative estimate of drug-likeness (QED) is 0.219. The van der Waals surface area contributed by atoms with Crippen molar-refractivity contribution in [2.75, 3.05) is 19.6 Å². The second-order valence-electron chi connectivity index (χ2n) is 16.0. The largest absolute Gasteiger partial charge is 0.444 e. The number of nitrogens with one attached hydrogen (secondary N) is 1. The van der Waals surface area contributed by atoms with Crippen LogP contribution in [-0.2, 0) is 32.2 Å². The van der Waals surface area contributed by atoms with Crippen molar-refractivity contribution in [1.82, 2.24) is 35.3 Å². The van der Waals surface area contributed by atoms with Crippen molar-refractivity contribution in [2.45, 2.75) is 123 Å². The van der Waals surface area contributed by atoms with Crippen LogP contribution in [0.25, 0.3) is 0 Å². The Hall–Kier alpha value is -4.93. The molecule has 1 unspecified atom stereocenters. The Bertz CT molecular complexity index is 1640. The molecule has 1 aromatic carbocycles. The van der Waals surface area contributed by atoms with Crippen LogP contribution in [0.3, 0.4) is 0 Å². The van der Waals surface area contributed by atoms with Crippen LogP contribution in [0, 0.1) is 0 Å².